The largest absolute Gasteiger partial charge is 0.477 e. The Kier molecular flexibility index (Phi) is 1.94. The van der Waals surface area contributed by atoms with Crippen LogP contribution in [0, 0.1) is 0 Å². The molecule has 0 spiro atoms. The van der Waals surface area contributed by atoms with Crippen LogP contribution in [0.4, 0.5) is 0 Å². The molecule has 0 aromatic carbocycles. The van der Waals surface area contributed by atoms with Crippen molar-refractivity contribution >= 4 is 5.97 Å². The van der Waals surface area contributed by atoms with Crippen molar-refractivity contribution in [2.45, 2.75) is 0 Å². The second-order valence-electron chi connectivity index (χ2n) is 2.58. The Labute approximate surface area is 78.6 Å². The molecule has 0 saturated carbocycles. The van der Waals surface area contributed by atoms with Gasteiger partial charge in [-0.15, -0.1) is 0 Å². The molecule has 0 aliphatic rings. The Morgan fingerprint density at radius 2 is 2.29 bits per heavy atom. The van der Waals surface area contributed by atoms with Gasteiger partial charge in [0.1, 0.15) is 6.33 Å². The Balaban J connectivity index is 2.46. The third-order valence-electron chi connectivity index (χ3n) is 1.68. The number of aromatic amines is 1. The quantitative estimate of drug-likeness (QED) is 0.722. The number of nitrogens with one attached hydrogen (secondary N) is 1. The maximum absolute atomic E-state index is 10.6. The lowest BCUT2D eigenvalue weighted by molar-refractivity contribution is 0.0690. The second-order valence-corrected chi connectivity index (χ2v) is 2.58. The SMILES string of the molecule is O=C(O)c1cc(-c2cn[nH]c2)ncn1. The van der Waals surface area contributed by atoms with Crippen molar-refractivity contribution in [2.75, 3.05) is 0 Å². The molecule has 14 heavy (non-hydrogen) atoms. The van der Waals surface area contributed by atoms with Gasteiger partial charge >= 0.3 is 5.97 Å². The van der Waals surface area contributed by atoms with Crippen LogP contribution < -0.4 is 0 Å². The fourth-order valence-electron chi connectivity index (χ4n) is 1.02. The number of carbonyl (C=O) groups is 1. The molecule has 0 radical (unpaired) electrons. The number of hydrogen-bond acceptors (Lipinski definition) is 4. The summed E-state index contributed by atoms with van der Waals surface area (Å²) in [6.45, 7) is 0. The van der Waals surface area contributed by atoms with Crippen LogP contribution in [0.1, 0.15) is 10.5 Å². The van der Waals surface area contributed by atoms with E-state index in [1.807, 2.05) is 0 Å². The number of hydrogen-bond donors (Lipinski definition) is 2. The van der Waals surface area contributed by atoms with Gasteiger partial charge in [0.05, 0.1) is 11.9 Å². The summed E-state index contributed by atoms with van der Waals surface area (Å²) in [5, 5.41) is 15.1. The number of aromatic nitrogens is 4. The maximum atomic E-state index is 10.6. The van der Waals surface area contributed by atoms with Crippen molar-refractivity contribution in [1.82, 2.24) is 20.2 Å². The van der Waals surface area contributed by atoms with Crippen molar-refractivity contribution in [2.24, 2.45) is 0 Å². The van der Waals surface area contributed by atoms with Gasteiger partial charge in [-0.25, -0.2) is 14.8 Å². The first kappa shape index (κ1) is 8.36. The van der Waals surface area contributed by atoms with Gasteiger partial charge < -0.3 is 5.11 Å². The fraction of sp³-hybridized carbons (Fsp3) is 0. The van der Waals surface area contributed by atoms with Crippen molar-refractivity contribution in [3.63, 3.8) is 0 Å². The molecule has 0 bridgehead atoms. The maximum Gasteiger partial charge on any atom is 0.354 e. The third-order valence-corrected chi connectivity index (χ3v) is 1.68. The molecular weight excluding hydrogens is 184 g/mol. The zero-order valence-electron chi connectivity index (χ0n) is 7.01. The summed E-state index contributed by atoms with van der Waals surface area (Å²) in [6, 6.07) is 1.40. The predicted octanol–water partition coefficient (Wildman–Crippen LogP) is 0.565. The number of carboxylic acids is 1. The van der Waals surface area contributed by atoms with Crippen molar-refractivity contribution in [3.05, 3.63) is 30.5 Å². The lowest BCUT2D eigenvalue weighted by Gasteiger charge is -1.96. The van der Waals surface area contributed by atoms with Gasteiger partial charge in [-0.1, -0.05) is 0 Å². The number of aromatic carboxylic acids is 1. The molecule has 0 aliphatic heterocycles. The summed E-state index contributed by atoms with van der Waals surface area (Å²) in [5.74, 6) is -1.07. The van der Waals surface area contributed by atoms with Crippen LogP contribution >= 0.6 is 0 Å². The van der Waals surface area contributed by atoms with Gasteiger partial charge in [0.2, 0.25) is 0 Å². The van der Waals surface area contributed by atoms with E-state index in [4.69, 9.17) is 5.11 Å². The van der Waals surface area contributed by atoms with Crippen LogP contribution in [0.2, 0.25) is 0 Å². The Morgan fingerprint density at radius 1 is 1.43 bits per heavy atom. The van der Waals surface area contributed by atoms with E-state index >= 15 is 0 Å². The number of nitrogens with zero attached hydrogens (tertiary/aromatic N) is 3. The van der Waals surface area contributed by atoms with Gasteiger partial charge in [0.25, 0.3) is 0 Å². The minimum Gasteiger partial charge on any atom is -0.477 e. The van der Waals surface area contributed by atoms with E-state index in [1.54, 1.807) is 12.4 Å². The van der Waals surface area contributed by atoms with Crippen molar-refractivity contribution in [1.29, 1.82) is 0 Å². The highest BCUT2D eigenvalue weighted by Crippen LogP contribution is 2.14. The highest BCUT2D eigenvalue weighted by molar-refractivity contribution is 5.86. The molecule has 2 heterocycles. The van der Waals surface area contributed by atoms with Crippen molar-refractivity contribution < 1.29 is 9.90 Å². The smallest absolute Gasteiger partial charge is 0.354 e. The summed E-state index contributed by atoms with van der Waals surface area (Å²) in [6.07, 6.45) is 4.41. The summed E-state index contributed by atoms with van der Waals surface area (Å²) in [5.41, 5.74) is 1.23. The summed E-state index contributed by atoms with van der Waals surface area (Å²) in [7, 11) is 0. The van der Waals surface area contributed by atoms with Gasteiger partial charge in [-0.2, -0.15) is 5.10 Å². The topological polar surface area (TPSA) is 91.8 Å². The molecule has 0 amide bonds. The van der Waals surface area contributed by atoms with E-state index < -0.39 is 5.97 Å². The highest BCUT2D eigenvalue weighted by atomic mass is 16.4. The van der Waals surface area contributed by atoms with Crippen LogP contribution in [0.15, 0.2) is 24.8 Å². The van der Waals surface area contributed by atoms with E-state index in [0.29, 0.717) is 5.69 Å². The van der Waals surface area contributed by atoms with E-state index in [-0.39, 0.29) is 5.69 Å². The Morgan fingerprint density at radius 3 is 2.93 bits per heavy atom. The minimum atomic E-state index is -1.07. The lowest BCUT2D eigenvalue weighted by atomic mass is 10.2. The first-order valence-electron chi connectivity index (χ1n) is 3.82. The molecule has 2 N–H and O–H groups in total. The van der Waals surface area contributed by atoms with Gasteiger partial charge in [0.15, 0.2) is 5.69 Å². The molecule has 2 aromatic rings. The Bertz CT molecular complexity index is 452. The molecule has 0 fully saturated rings. The lowest BCUT2D eigenvalue weighted by Crippen LogP contribution is -2.00. The van der Waals surface area contributed by atoms with E-state index in [0.717, 1.165) is 5.56 Å². The number of H-pyrrole nitrogens is 1. The molecule has 2 rings (SSSR count). The van der Waals surface area contributed by atoms with Crippen LogP contribution in [-0.4, -0.2) is 31.2 Å². The molecule has 6 heteroatoms. The zero-order chi connectivity index (χ0) is 9.97. The predicted molar refractivity (Wildman–Crippen MR) is 46.6 cm³/mol. The van der Waals surface area contributed by atoms with E-state index in [2.05, 4.69) is 20.2 Å². The standard InChI is InChI=1S/C8H6N4O2/c13-8(14)7-1-6(9-4-10-7)5-2-11-12-3-5/h1-4H,(H,11,12)(H,13,14). The van der Waals surface area contributed by atoms with Crippen LogP contribution in [0.5, 0.6) is 0 Å². The zero-order valence-corrected chi connectivity index (χ0v) is 7.01. The molecule has 0 saturated heterocycles. The monoisotopic (exact) mass is 190 g/mol. The van der Waals surface area contributed by atoms with Crippen LogP contribution in [0.25, 0.3) is 11.3 Å². The molecule has 0 aliphatic carbocycles. The van der Waals surface area contributed by atoms with Crippen LogP contribution in [-0.2, 0) is 0 Å². The third kappa shape index (κ3) is 1.45. The minimum absolute atomic E-state index is 0.0313. The molecule has 0 unspecified atom stereocenters. The first-order chi connectivity index (χ1) is 6.77. The van der Waals surface area contributed by atoms with E-state index in [1.165, 1.54) is 12.4 Å². The average molecular weight is 190 g/mol. The molecule has 0 atom stereocenters. The molecule has 70 valence electrons. The number of carboxylic acid groups (broad SMARTS) is 1. The van der Waals surface area contributed by atoms with Gasteiger partial charge in [-0.3, -0.25) is 5.10 Å². The highest BCUT2D eigenvalue weighted by Gasteiger charge is 2.07. The first-order valence-corrected chi connectivity index (χ1v) is 3.82. The van der Waals surface area contributed by atoms with Crippen LogP contribution in [0.3, 0.4) is 0 Å². The fourth-order valence-corrected chi connectivity index (χ4v) is 1.02. The number of rotatable bonds is 2. The summed E-state index contributed by atoms with van der Waals surface area (Å²) < 4.78 is 0. The van der Waals surface area contributed by atoms with Crippen molar-refractivity contribution in [3.8, 4) is 11.3 Å². The average Bonchev–Trinajstić information content (AvgIpc) is 2.71. The summed E-state index contributed by atoms with van der Waals surface area (Å²) in [4.78, 5) is 18.1. The van der Waals surface area contributed by atoms with Gasteiger partial charge in [0, 0.05) is 11.8 Å². The second kappa shape index (κ2) is 3.25. The summed E-state index contributed by atoms with van der Waals surface area (Å²) >= 11 is 0. The Hall–Kier alpha value is -2.24. The molecule has 6 nitrogen and oxygen atoms in total. The molecule has 2 aromatic heterocycles. The van der Waals surface area contributed by atoms with E-state index in [9.17, 15) is 4.79 Å². The normalized spacial score (nSPS) is 10.0. The molecular formula is C8H6N4O2. The van der Waals surface area contributed by atoms with Gasteiger partial charge in [-0.05, 0) is 6.07 Å².